The summed E-state index contributed by atoms with van der Waals surface area (Å²) in [6.45, 7) is 3.36. The van der Waals surface area contributed by atoms with Crippen LogP contribution in [0.2, 0.25) is 0 Å². The average Bonchev–Trinajstić information content (AvgIpc) is 2.89. The van der Waals surface area contributed by atoms with Gasteiger partial charge in [0.2, 0.25) is 5.91 Å². The summed E-state index contributed by atoms with van der Waals surface area (Å²) in [5, 5.41) is 0. The van der Waals surface area contributed by atoms with Crippen molar-refractivity contribution < 1.29 is 18.7 Å². The summed E-state index contributed by atoms with van der Waals surface area (Å²) in [4.78, 5) is 26.6. The Balaban J connectivity index is 2.28. The first kappa shape index (κ1) is 16.2. The van der Waals surface area contributed by atoms with Gasteiger partial charge in [0.25, 0.3) is 0 Å². The van der Waals surface area contributed by atoms with Crippen LogP contribution in [-0.2, 0) is 20.9 Å². The van der Waals surface area contributed by atoms with E-state index in [4.69, 9.17) is 9.15 Å². The number of likely N-dealkylation sites (N-methyl/N-ethyl adjacent to an activating group) is 2. The van der Waals surface area contributed by atoms with E-state index in [1.54, 1.807) is 43.1 Å². The number of rotatable bonds is 8. The third-order valence-electron chi connectivity index (χ3n) is 2.81. The second-order valence-corrected chi connectivity index (χ2v) is 4.62. The van der Waals surface area contributed by atoms with E-state index in [1.165, 1.54) is 0 Å². The number of nitrogens with zero attached hydrogens (tertiary/aromatic N) is 2. The van der Waals surface area contributed by atoms with Gasteiger partial charge in [0, 0.05) is 13.6 Å². The van der Waals surface area contributed by atoms with Crippen LogP contribution < -0.4 is 0 Å². The highest BCUT2D eigenvalue weighted by Crippen LogP contribution is 2.04. The summed E-state index contributed by atoms with van der Waals surface area (Å²) in [5.41, 5.74) is 0. The van der Waals surface area contributed by atoms with Gasteiger partial charge in [-0.1, -0.05) is 0 Å². The first-order chi connectivity index (χ1) is 9.52. The standard InChI is InChI=1S/C14H22N2O4/c1-4-19-14(18)7-8-15(2)11-13(17)16(3)10-12-6-5-9-20-12/h5-6,9H,4,7-8,10-11H2,1-3H3. The molecule has 1 heterocycles. The van der Waals surface area contributed by atoms with Crippen molar-refractivity contribution in [3.8, 4) is 0 Å². The van der Waals surface area contributed by atoms with Crippen LogP contribution in [0.5, 0.6) is 0 Å². The van der Waals surface area contributed by atoms with Gasteiger partial charge in [-0.05, 0) is 26.1 Å². The zero-order valence-electron chi connectivity index (χ0n) is 12.3. The van der Waals surface area contributed by atoms with Crippen molar-refractivity contribution in [2.24, 2.45) is 0 Å². The molecule has 0 unspecified atom stereocenters. The molecule has 1 aromatic rings. The SMILES string of the molecule is CCOC(=O)CCN(C)CC(=O)N(C)Cc1ccco1. The van der Waals surface area contributed by atoms with E-state index in [9.17, 15) is 9.59 Å². The lowest BCUT2D eigenvalue weighted by molar-refractivity contribution is -0.144. The Morgan fingerprint density at radius 3 is 2.70 bits per heavy atom. The number of carbonyl (C=O) groups is 2. The smallest absolute Gasteiger partial charge is 0.307 e. The molecule has 0 aromatic carbocycles. The van der Waals surface area contributed by atoms with Crippen LogP contribution in [0, 0.1) is 0 Å². The Morgan fingerprint density at radius 2 is 2.10 bits per heavy atom. The van der Waals surface area contributed by atoms with Crippen molar-refractivity contribution in [1.29, 1.82) is 0 Å². The van der Waals surface area contributed by atoms with Crippen LogP contribution >= 0.6 is 0 Å². The number of amides is 1. The van der Waals surface area contributed by atoms with Crippen molar-refractivity contribution in [2.45, 2.75) is 19.9 Å². The normalized spacial score (nSPS) is 10.6. The van der Waals surface area contributed by atoms with Gasteiger partial charge in [0.05, 0.1) is 32.4 Å². The molecule has 0 bridgehead atoms. The summed E-state index contributed by atoms with van der Waals surface area (Å²) in [6.07, 6.45) is 1.87. The highest BCUT2D eigenvalue weighted by atomic mass is 16.5. The van der Waals surface area contributed by atoms with E-state index < -0.39 is 0 Å². The highest BCUT2D eigenvalue weighted by molar-refractivity contribution is 5.78. The third-order valence-corrected chi connectivity index (χ3v) is 2.81. The second kappa shape index (κ2) is 8.37. The minimum atomic E-state index is -0.240. The number of hydrogen-bond donors (Lipinski definition) is 0. The fraction of sp³-hybridized carbons (Fsp3) is 0.571. The lowest BCUT2D eigenvalue weighted by Gasteiger charge is -2.20. The minimum Gasteiger partial charge on any atom is -0.467 e. The van der Waals surface area contributed by atoms with E-state index in [-0.39, 0.29) is 18.4 Å². The topological polar surface area (TPSA) is 63.0 Å². The molecule has 1 aromatic heterocycles. The molecule has 1 rings (SSSR count). The fourth-order valence-electron chi connectivity index (χ4n) is 1.67. The Kier molecular flexibility index (Phi) is 6.79. The molecule has 20 heavy (non-hydrogen) atoms. The predicted molar refractivity (Wildman–Crippen MR) is 73.9 cm³/mol. The molecule has 0 fully saturated rings. The molecule has 112 valence electrons. The largest absolute Gasteiger partial charge is 0.467 e. The summed E-state index contributed by atoms with van der Waals surface area (Å²) in [5.74, 6) is 0.485. The van der Waals surface area contributed by atoms with Crippen LogP contribution in [0.3, 0.4) is 0 Å². The van der Waals surface area contributed by atoms with Crippen LogP contribution in [0.1, 0.15) is 19.1 Å². The highest BCUT2D eigenvalue weighted by Gasteiger charge is 2.14. The average molecular weight is 282 g/mol. The van der Waals surface area contributed by atoms with Crippen molar-refractivity contribution in [3.05, 3.63) is 24.2 Å². The van der Waals surface area contributed by atoms with Gasteiger partial charge < -0.3 is 14.1 Å². The molecule has 0 aliphatic carbocycles. The summed E-state index contributed by atoms with van der Waals surface area (Å²) < 4.78 is 10.0. The van der Waals surface area contributed by atoms with Gasteiger partial charge >= 0.3 is 5.97 Å². The number of ether oxygens (including phenoxy) is 1. The Bertz CT molecular complexity index is 417. The maximum absolute atomic E-state index is 12.0. The summed E-state index contributed by atoms with van der Waals surface area (Å²) in [7, 11) is 3.53. The van der Waals surface area contributed by atoms with Gasteiger partial charge in [-0.3, -0.25) is 14.5 Å². The summed E-state index contributed by atoms with van der Waals surface area (Å²) >= 11 is 0. The number of hydrogen-bond acceptors (Lipinski definition) is 5. The maximum Gasteiger partial charge on any atom is 0.307 e. The number of furan rings is 1. The molecule has 0 atom stereocenters. The molecule has 0 radical (unpaired) electrons. The predicted octanol–water partition coefficient (Wildman–Crippen LogP) is 1.12. The molecule has 0 aliphatic rings. The summed E-state index contributed by atoms with van der Waals surface area (Å²) in [6, 6.07) is 3.62. The first-order valence-electron chi connectivity index (χ1n) is 6.63. The van der Waals surface area contributed by atoms with Crippen molar-refractivity contribution in [1.82, 2.24) is 9.80 Å². The van der Waals surface area contributed by atoms with Crippen molar-refractivity contribution >= 4 is 11.9 Å². The number of carbonyl (C=O) groups excluding carboxylic acids is 2. The van der Waals surface area contributed by atoms with Crippen molar-refractivity contribution in [2.75, 3.05) is 33.8 Å². The van der Waals surface area contributed by atoms with Crippen LogP contribution in [0.25, 0.3) is 0 Å². The Morgan fingerprint density at radius 1 is 1.35 bits per heavy atom. The van der Waals surface area contributed by atoms with Gasteiger partial charge in [0.1, 0.15) is 5.76 Å². The third kappa shape index (κ3) is 5.88. The first-order valence-corrected chi connectivity index (χ1v) is 6.63. The molecule has 6 heteroatoms. The zero-order chi connectivity index (χ0) is 15.0. The molecule has 6 nitrogen and oxygen atoms in total. The quantitative estimate of drug-likeness (QED) is 0.669. The monoisotopic (exact) mass is 282 g/mol. The Hall–Kier alpha value is -1.82. The van der Waals surface area contributed by atoms with Crippen LogP contribution in [0.4, 0.5) is 0 Å². The lowest BCUT2D eigenvalue weighted by atomic mass is 10.3. The van der Waals surface area contributed by atoms with Crippen LogP contribution in [0.15, 0.2) is 22.8 Å². The van der Waals surface area contributed by atoms with Crippen molar-refractivity contribution in [3.63, 3.8) is 0 Å². The molecule has 0 saturated heterocycles. The van der Waals surface area contributed by atoms with Gasteiger partial charge in [-0.25, -0.2) is 0 Å². The molecule has 0 spiro atoms. The van der Waals surface area contributed by atoms with E-state index >= 15 is 0 Å². The molecule has 0 aliphatic heterocycles. The molecule has 1 amide bonds. The second-order valence-electron chi connectivity index (χ2n) is 4.62. The van der Waals surface area contributed by atoms with E-state index in [0.717, 1.165) is 5.76 Å². The van der Waals surface area contributed by atoms with E-state index in [0.29, 0.717) is 26.1 Å². The minimum absolute atomic E-state index is 0.0206. The molecular weight excluding hydrogens is 260 g/mol. The number of esters is 1. The molecule has 0 N–H and O–H groups in total. The van der Waals surface area contributed by atoms with Gasteiger partial charge in [0.15, 0.2) is 0 Å². The lowest BCUT2D eigenvalue weighted by Crippen LogP contribution is -2.37. The Labute approximate surface area is 119 Å². The van der Waals surface area contributed by atoms with E-state index in [1.807, 2.05) is 6.07 Å². The molecular formula is C14H22N2O4. The van der Waals surface area contributed by atoms with E-state index in [2.05, 4.69) is 0 Å². The van der Waals surface area contributed by atoms with Gasteiger partial charge in [-0.2, -0.15) is 0 Å². The zero-order valence-corrected chi connectivity index (χ0v) is 12.3. The van der Waals surface area contributed by atoms with Gasteiger partial charge in [-0.15, -0.1) is 0 Å². The molecule has 0 saturated carbocycles. The maximum atomic E-state index is 12.0. The fourth-order valence-corrected chi connectivity index (χ4v) is 1.67. The van der Waals surface area contributed by atoms with Crippen LogP contribution in [-0.4, -0.2) is 55.5 Å².